The van der Waals surface area contributed by atoms with Crippen molar-refractivity contribution in [3.05, 3.63) is 34.6 Å². The smallest absolute Gasteiger partial charge is 0.236 e. The van der Waals surface area contributed by atoms with Crippen LogP contribution in [0.15, 0.2) is 33.3 Å². The minimum absolute atomic E-state index is 0.122. The van der Waals surface area contributed by atoms with Crippen molar-refractivity contribution < 1.29 is 9.26 Å². The molecule has 1 aliphatic heterocycles. The Morgan fingerprint density at radius 2 is 2.32 bits per heavy atom. The van der Waals surface area contributed by atoms with Gasteiger partial charge in [0.2, 0.25) is 11.7 Å². The molecule has 5 nitrogen and oxygen atoms in total. The lowest BCUT2D eigenvalue weighted by Crippen LogP contribution is -2.42. The van der Waals surface area contributed by atoms with Crippen molar-refractivity contribution in [2.45, 2.75) is 18.4 Å². The van der Waals surface area contributed by atoms with E-state index in [0.29, 0.717) is 24.9 Å². The van der Waals surface area contributed by atoms with Crippen LogP contribution in [0.3, 0.4) is 0 Å². The topological polar surface area (TPSA) is 74.2 Å². The summed E-state index contributed by atoms with van der Waals surface area (Å²) in [5.41, 5.74) is 6.55. The lowest BCUT2D eigenvalue weighted by Gasteiger charge is -2.21. The van der Waals surface area contributed by atoms with E-state index < -0.39 is 5.41 Å². The van der Waals surface area contributed by atoms with Crippen molar-refractivity contribution >= 4 is 15.9 Å². The predicted octanol–water partition coefficient (Wildman–Crippen LogP) is 2.11. The number of nitrogens with two attached hydrogens (primary N) is 1. The highest BCUT2D eigenvalue weighted by Crippen LogP contribution is 2.32. The molecule has 1 fully saturated rings. The zero-order valence-electron chi connectivity index (χ0n) is 10.5. The van der Waals surface area contributed by atoms with Crippen molar-refractivity contribution in [2.75, 3.05) is 13.2 Å². The average Bonchev–Trinajstić information content (AvgIpc) is 2.99. The molecule has 2 N–H and O–H groups in total. The molecular formula is C13H14BrN3O2. The number of ether oxygens (including phenoxy) is 1. The molecule has 19 heavy (non-hydrogen) atoms. The first-order valence-corrected chi connectivity index (χ1v) is 6.82. The zero-order chi connectivity index (χ0) is 13.5. The normalized spacial score (nSPS) is 26.8. The van der Waals surface area contributed by atoms with Gasteiger partial charge in [0, 0.05) is 16.1 Å². The highest BCUT2D eigenvalue weighted by atomic mass is 79.9. The lowest BCUT2D eigenvalue weighted by molar-refractivity contribution is 0.169. The fraction of sp³-hybridized carbons (Fsp3) is 0.385. The fourth-order valence-electron chi connectivity index (χ4n) is 2.11. The number of halogens is 1. The Labute approximate surface area is 119 Å². The van der Waals surface area contributed by atoms with Crippen LogP contribution in [0.25, 0.3) is 11.4 Å². The molecule has 0 saturated carbocycles. The molecule has 1 aliphatic rings. The summed E-state index contributed by atoms with van der Waals surface area (Å²) in [5, 5.41) is 4.03. The van der Waals surface area contributed by atoms with E-state index in [1.54, 1.807) is 0 Å². The van der Waals surface area contributed by atoms with E-state index in [-0.39, 0.29) is 6.04 Å². The molecule has 0 radical (unpaired) electrons. The van der Waals surface area contributed by atoms with Crippen LogP contribution in [0.4, 0.5) is 0 Å². The van der Waals surface area contributed by atoms with Crippen molar-refractivity contribution in [3.63, 3.8) is 0 Å². The summed E-state index contributed by atoms with van der Waals surface area (Å²) in [6.07, 6.45) is 0. The first kappa shape index (κ1) is 12.8. The summed E-state index contributed by atoms with van der Waals surface area (Å²) in [6.45, 7) is 3.02. The molecule has 3 rings (SSSR count). The first-order chi connectivity index (χ1) is 9.09. The van der Waals surface area contributed by atoms with Crippen LogP contribution in [0.1, 0.15) is 12.8 Å². The molecule has 2 unspecified atom stereocenters. The first-order valence-electron chi connectivity index (χ1n) is 6.03. The SMILES string of the molecule is CC1(c2nc(-c3cccc(Br)c3)no2)COCC1N. The second-order valence-corrected chi connectivity index (χ2v) is 5.89. The molecule has 2 heterocycles. The molecule has 0 spiro atoms. The molecule has 6 heteroatoms. The molecule has 0 aliphatic carbocycles. The number of aromatic nitrogens is 2. The van der Waals surface area contributed by atoms with E-state index in [9.17, 15) is 0 Å². The quantitative estimate of drug-likeness (QED) is 0.916. The summed E-state index contributed by atoms with van der Waals surface area (Å²) >= 11 is 3.43. The van der Waals surface area contributed by atoms with Gasteiger partial charge in [-0.3, -0.25) is 0 Å². The molecule has 2 atom stereocenters. The Bertz CT molecular complexity index is 601. The maximum atomic E-state index is 6.06. The Hall–Kier alpha value is -1.24. The Kier molecular flexibility index (Phi) is 3.16. The van der Waals surface area contributed by atoms with E-state index in [1.165, 1.54) is 0 Å². The predicted molar refractivity (Wildman–Crippen MR) is 73.6 cm³/mol. The Balaban J connectivity index is 1.96. The molecular weight excluding hydrogens is 310 g/mol. The van der Waals surface area contributed by atoms with Gasteiger partial charge in [0.1, 0.15) is 0 Å². The molecule has 100 valence electrons. The molecule has 1 aromatic carbocycles. The van der Waals surface area contributed by atoms with Crippen LogP contribution in [-0.2, 0) is 10.2 Å². The van der Waals surface area contributed by atoms with E-state index in [0.717, 1.165) is 10.0 Å². The summed E-state index contributed by atoms with van der Waals surface area (Å²) in [7, 11) is 0. The number of rotatable bonds is 2. The molecule has 2 aromatic rings. The van der Waals surface area contributed by atoms with Crippen LogP contribution in [0, 0.1) is 0 Å². The number of hydrogen-bond acceptors (Lipinski definition) is 5. The van der Waals surface area contributed by atoms with Gasteiger partial charge >= 0.3 is 0 Å². The highest BCUT2D eigenvalue weighted by molar-refractivity contribution is 9.10. The van der Waals surface area contributed by atoms with Crippen LogP contribution < -0.4 is 5.73 Å². The lowest BCUT2D eigenvalue weighted by atomic mass is 9.86. The zero-order valence-corrected chi connectivity index (χ0v) is 12.1. The Morgan fingerprint density at radius 1 is 1.47 bits per heavy atom. The Morgan fingerprint density at radius 3 is 3.00 bits per heavy atom. The molecule has 1 saturated heterocycles. The van der Waals surface area contributed by atoms with Crippen LogP contribution in [0.5, 0.6) is 0 Å². The standard InChI is InChI=1S/C13H14BrN3O2/c1-13(7-18-6-10(13)15)12-16-11(17-19-12)8-3-2-4-9(14)5-8/h2-5,10H,6-7,15H2,1H3. The van der Waals surface area contributed by atoms with Crippen LogP contribution in [-0.4, -0.2) is 29.4 Å². The third kappa shape index (κ3) is 2.20. The summed E-state index contributed by atoms with van der Waals surface area (Å²) < 4.78 is 11.8. The van der Waals surface area contributed by atoms with Gasteiger partial charge in [-0.15, -0.1) is 0 Å². The minimum Gasteiger partial charge on any atom is -0.379 e. The monoisotopic (exact) mass is 323 g/mol. The summed E-state index contributed by atoms with van der Waals surface area (Å²) in [5.74, 6) is 1.10. The second kappa shape index (κ2) is 4.70. The van der Waals surface area contributed by atoms with Crippen molar-refractivity contribution in [3.8, 4) is 11.4 Å². The average molecular weight is 324 g/mol. The van der Waals surface area contributed by atoms with Gasteiger partial charge in [0.05, 0.1) is 18.6 Å². The van der Waals surface area contributed by atoms with Gasteiger partial charge < -0.3 is 15.0 Å². The maximum Gasteiger partial charge on any atom is 0.236 e. The van der Waals surface area contributed by atoms with Gasteiger partial charge in [0.15, 0.2) is 0 Å². The summed E-state index contributed by atoms with van der Waals surface area (Å²) in [6, 6.07) is 7.64. The number of nitrogens with zero attached hydrogens (tertiary/aromatic N) is 2. The fourth-order valence-corrected chi connectivity index (χ4v) is 2.51. The van der Waals surface area contributed by atoms with E-state index in [1.807, 2.05) is 31.2 Å². The number of benzene rings is 1. The molecule has 0 amide bonds. The largest absolute Gasteiger partial charge is 0.379 e. The second-order valence-electron chi connectivity index (χ2n) is 4.97. The van der Waals surface area contributed by atoms with Crippen molar-refractivity contribution in [1.29, 1.82) is 0 Å². The third-order valence-corrected chi connectivity index (χ3v) is 4.01. The van der Waals surface area contributed by atoms with Gasteiger partial charge in [-0.25, -0.2) is 0 Å². The van der Waals surface area contributed by atoms with E-state index >= 15 is 0 Å². The van der Waals surface area contributed by atoms with Crippen molar-refractivity contribution in [1.82, 2.24) is 10.1 Å². The third-order valence-electron chi connectivity index (χ3n) is 3.52. The van der Waals surface area contributed by atoms with Crippen LogP contribution in [0.2, 0.25) is 0 Å². The van der Waals surface area contributed by atoms with Gasteiger partial charge in [-0.1, -0.05) is 33.2 Å². The summed E-state index contributed by atoms with van der Waals surface area (Å²) in [4.78, 5) is 4.47. The molecule has 1 aromatic heterocycles. The van der Waals surface area contributed by atoms with Gasteiger partial charge in [-0.05, 0) is 19.1 Å². The van der Waals surface area contributed by atoms with Gasteiger partial charge in [0.25, 0.3) is 0 Å². The minimum atomic E-state index is -0.405. The molecule has 0 bridgehead atoms. The number of hydrogen-bond donors (Lipinski definition) is 1. The highest BCUT2D eigenvalue weighted by Gasteiger charge is 2.44. The van der Waals surface area contributed by atoms with Gasteiger partial charge in [-0.2, -0.15) is 4.98 Å². The van der Waals surface area contributed by atoms with E-state index in [2.05, 4.69) is 26.1 Å². The van der Waals surface area contributed by atoms with Crippen LogP contribution >= 0.6 is 15.9 Å². The van der Waals surface area contributed by atoms with E-state index in [4.69, 9.17) is 15.0 Å². The van der Waals surface area contributed by atoms with Crippen molar-refractivity contribution in [2.24, 2.45) is 5.73 Å². The maximum absolute atomic E-state index is 6.06.